The number of nitrogen functional groups attached to an aromatic ring is 1. The van der Waals surface area contributed by atoms with Crippen LogP contribution in [-0.4, -0.2) is 14.8 Å². The monoisotopic (exact) mass is 302 g/mol. The number of halogens is 2. The van der Waals surface area contributed by atoms with Gasteiger partial charge in [0, 0.05) is 30.6 Å². The van der Waals surface area contributed by atoms with Gasteiger partial charge >= 0.3 is 0 Å². The highest BCUT2D eigenvalue weighted by Gasteiger charge is 2.19. The van der Waals surface area contributed by atoms with Crippen LogP contribution in [0.3, 0.4) is 0 Å². The summed E-state index contributed by atoms with van der Waals surface area (Å²) in [6, 6.07) is 7.91. The van der Waals surface area contributed by atoms with Crippen LogP contribution in [0.4, 0.5) is 10.2 Å². The number of pyridine rings is 1. The second kappa shape index (κ2) is 5.18. The predicted octanol–water partition coefficient (Wildman–Crippen LogP) is 3.52. The molecule has 0 aliphatic carbocycles. The summed E-state index contributed by atoms with van der Waals surface area (Å²) in [6.07, 6.45) is 3.38. The van der Waals surface area contributed by atoms with Crippen molar-refractivity contribution in [2.24, 2.45) is 7.05 Å². The Balaban J connectivity index is 2.27. The maximum Gasteiger partial charge on any atom is 0.129 e. The molecular formula is C15H12ClFN4. The number of nitrogens with two attached hydrogens (primary N) is 1. The number of aromatic nitrogens is 3. The van der Waals surface area contributed by atoms with Crippen molar-refractivity contribution >= 4 is 17.4 Å². The number of aryl methyl sites for hydroxylation is 1. The average Bonchev–Trinajstić information content (AvgIpc) is 2.75. The first-order valence-electron chi connectivity index (χ1n) is 6.26. The molecule has 0 saturated heterocycles. The van der Waals surface area contributed by atoms with Crippen molar-refractivity contribution in [3.63, 3.8) is 0 Å². The van der Waals surface area contributed by atoms with E-state index in [0.717, 1.165) is 11.1 Å². The predicted molar refractivity (Wildman–Crippen MR) is 81.3 cm³/mol. The third kappa shape index (κ3) is 2.36. The Morgan fingerprint density at radius 2 is 2.10 bits per heavy atom. The maximum absolute atomic E-state index is 13.2. The minimum Gasteiger partial charge on any atom is -0.383 e. The van der Waals surface area contributed by atoms with Gasteiger partial charge in [-0.15, -0.1) is 0 Å². The summed E-state index contributed by atoms with van der Waals surface area (Å²) < 4.78 is 14.8. The first-order valence-corrected chi connectivity index (χ1v) is 6.64. The van der Waals surface area contributed by atoms with Crippen LogP contribution < -0.4 is 5.73 Å². The van der Waals surface area contributed by atoms with E-state index in [9.17, 15) is 4.39 Å². The Morgan fingerprint density at radius 3 is 2.76 bits per heavy atom. The maximum atomic E-state index is 13.2. The summed E-state index contributed by atoms with van der Waals surface area (Å²) >= 11 is 6.14. The van der Waals surface area contributed by atoms with Crippen molar-refractivity contribution in [3.8, 4) is 22.4 Å². The fourth-order valence-electron chi connectivity index (χ4n) is 2.20. The summed E-state index contributed by atoms with van der Waals surface area (Å²) in [7, 11) is 1.75. The van der Waals surface area contributed by atoms with Crippen LogP contribution in [0.25, 0.3) is 22.4 Å². The van der Waals surface area contributed by atoms with Gasteiger partial charge in [-0.05, 0) is 24.3 Å². The molecule has 0 radical (unpaired) electrons. The first kappa shape index (κ1) is 13.6. The zero-order valence-corrected chi connectivity index (χ0v) is 12.0. The molecule has 0 spiro atoms. The molecule has 6 heteroatoms. The lowest BCUT2D eigenvalue weighted by atomic mass is 10.0. The Hall–Kier alpha value is -2.40. The average molecular weight is 303 g/mol. The van der Waals surface area contributed by atoms with Gasteiger partial charge in [-0.2, -0.15) is 5.10 Å². The number of anilines is 1. The molecule has 21 heavy (non-hydrogen) atoms. The molecule has 2 heterocycles. The minimum atomic E-state index is -0.393. The molecule has 0 bridgehead atoms. The Bertz CT molecular complexity index is 799. The van der Waals surface area contributed by atoms with Crippen LogP contribution in [-0.2, 0) is 7.05 Å². The van der Waals surface area contributed by atoms with E-state index < -0.39 is 5.82 Å². The number of rotatable bonds is 2. The molecular weight excluding hydrogens is 291 g/mol. The third-order valence-corrected chi connectivity index (χ3v) is 3.54. The van der Waals surface area contributed by atoms with Crippen molar-refractivity contribution in [3.05, 3.63) is 53.6 Å². The molecule has 2 aromatic heterocycles. The Labute approximate surface area is 126 Å². The molecule has 3 aromatic rings. The van der Waals surface area contributed by atoms with Gasteiger partial charge in [0.2, 0.25) is 0 Å². The Kier molecular flexibility index (Phi) is 3.35. The number of nitrogens with zero attached hydrogens (tertiary/aromatic N) is 3. The molecule has 0 atom stereocenters. The quantitative estimate of drug-likeness (QED) is 0.788. The zero-order chi connectivity index (χ0) is 15.0. The van der Waals surface area contributed by atoms with E-state index in [4.69, 9.17) is 17.3 Å². The second-order valence-electron chi connectivity index (χ2n) is 4.60. The number of benzene rings is 1. The van der Waals surface area contributed by atoms with Crippen molar-refractivity contribution in [1.82, 2.24) is 14.8 Å². The summed E-state index contributed by atoms with van der Waals surface area (Å²) in [5, 5.41) is 4.69. The van der Waals surface area contributed by atoms with E-state index in [0.29, 0.717) is 22.1 Å². The molecule has 0 amide bonds. The van der Waals surface area contributed by atoms with Gasteiger partial charge in [0.05, 0.1) is 10.6 Å². The summed E-state index contributed by atoms with van der Waals surface area (Å²) in [5.74, 6) is 0.106. The third-order valence-electron chi connectivity index (χ3n) is 3.23. The van der Waals surface area contributed by atoms with Crippen molar-refractivity contribution in [1.29, 1.82) is 0 Å². The molecule has 3 rings (SSSR count). The second-order valence-corrected chi connectivity index (χ2v) is 5.01. The summed E-state index contributed by atoms with van der Waals surface area (Å²) in [6.45, 7) is 0. The van der Waals surface area contributed by atoms with Crippen LogP contribution in [0.1, 0.15) is 0 Å². The Morgan fingerprint density at radius 1 is 1.29 bits per heavy atom. The van der Waals surface area contributed by atoms with Crippen molar-refractivity contribution in [2.45, 2.75) is 0 Å². The molecule has 106 valence electrons. The highest BCUT2D eigenvalue weighted by Crippen LogP contribution is 2.38. The first-order chi connectivity index (χ1) is 10.1. The van der Waals surface area contributed by atoms with Crippen LogP contribution in [0, 0.1) is 5.82 Å². The van der Waals surface area contributed by atoms with Gasteiger partial charge in [-0.3, -0.25) is 9.67 Å². The van der Waals surface area contributed by atoms with Crippen molar-refractivity contribution in [2.75, 3.05) is 5.73 Å². The lowest BCUT2D eigenvalue weighted by Crippen LogP contribution is -1.98. The van der Waals surface area contributed by atoms with E-state index in [-0.39, 0.29) is 0 Å². The van der Waals surface area contributed by atoms with Gasteiger partial charge < -0.3 is 5.73 Å². The molecule has 0 aliphatic rings. The van der Waals surface area contributed by atoms with Crippen LogP contribution in [0.5, 0.6) is 0 Å². The fourth-order valence-corrected chi connectivity index (χ4v) is 2.46. The smallest absolute Gasteiger partial charge is 0.129 e. The molecule has 0 fully saturated rings. The summed E-state index contributed by atoms with van der Waals surface area (Å²) in [5.41, 5.74) is 8.91. The molecule has 0 aliphatic heterocycles. The van der Waals surface area contributed by atoms with Crippen LogP contribution in [0.15, 0.2) is 42.7 Å². The van der Waals surface area contributed by atoms with Crippen molar-refractivity contribution < 1.29 is 4.39 Å². The minimum absolute atomic E-state index is 0.290. The highest BCUT2D eigenvalue weighted by atomic mass is 35.5. The highest BCUT2D eigenvalue weighted by molar-refractivity contribution is 6.33. The van der Waals surface area contributed by atoms with Gasteiger partial charge in [-0.1, -0.05) is 17.7 Å². The van der Waals surface area contributed by atoms with Crippen LogP contribution >= 0.6 is 11.6 Å². The standard InChI is InChI=1S/C15H12ClFN4/c1-21-15(18)13(9-3-2-6-19-8-9)14(20-21)11-5-4-10(17)7-12(11)16/h2-8H,18H2,1H3. The van der Waals surface area contributed by atoms with E-state index in [1.54, 1.807) is 30.2 Å². The van der Waals surface area contributed by atoms with Gasteiger partial charge in [0.15, 0.2) is 0 Å². The topological polar surface area (TPSA) is 56.7 Å². The van der Waals surface area contributed by atoms with E-state index in [2.05, 4.69) is 10.1 Å². The number of hydrogen-bond acceptors (Lipinski definition) is 3. The SMILES string of the molecule is Cn1nc(-c2ccc(F)cc2Cl)c(-c2cccnc2)c1N. The van der Waals surface area contributed by atoms with E-state index >= 15 is 0 Å². The molecule has 2 N–H and O–H groups in total. The molecule has 4 nitrogen and oxygen atoms in total. The zero-order valence-electron chi connectivity index (χ0n) is 11.2. The molecule has 0 unspecified atom stereocenters. The van der Waals surface area contributed by atoms with Crippen LogP contribution in [0.2, 0.25) is 5.02 Å². The summed E-state index contributed by atoms with van der Waals surface area (Å²) in [4.78, 5) is 4.10. The fraction of sp³-hybridized carbons (Fsp3) is 0.0667. The van der Waals surface area contributed by atoms with E-state index in [1.807, 2.05) is 12.1 Å². The van der Waals surface area contributed by atoms with Gasteiger partial charge in [0.25, 0.3) is 0 Å². The number of hydrogen-bond donors (Lipinski definition) is 1. The molecule has 1 aromatic carbocycles. The van der Waals surface area contributed by atoms with Gasteiger partial charge in [-0.25, -0.2) is 4.39 Å². The lowest BCUT2D eigenvalue weighted by Gasteiger charge is -2.05. The van der Waals surface area contributed by atoms with Gasteiger partial charge in [0.1, 0.15) is 17.3 Å². The molecule has 0 saturated carbocycles. The lowest BCUT2D eigenvalue weighted by molar-refractivity contribution is 0.628. The normalized spacial score (nSPS) is 10.8. The largest absolute Gasteiger partial charge is 0.383 e. The van der Waals surface area contributed by atoms with E-state index in [1.165, 1.54) is 12.1 Å².